The van der Waals surface area contributed by atoms with Crippen LogP contribution in [0.25, 0.3) is 0 Å². The molecule has 11 heteroatoms. The van der Waals surface area contributed by atoms with E-state index in [1.165, 1.54) is 6.08 Å². The fourth-order valence-electron chi connectivity index (χ4n) is 2.52. The second kappa shape index (κ2) is 8.86. The minimum Gasteiger partial charge on any atom is -0.503 e. The number of para-hydroxylation sites is 1. The van der Waals surface area contributed by atoms with Crippen molar-refractivity contribution in [2.24, 2.45) is 0 Å². The van der Waals surface area contributed by atoms with Gasteiger partial charge in [-0.25, -0.2) is 4.79 Å². The van der Waals surface area contributed by atoms with Gasteiger partial charge in [0.25, 0.3) is 5.91 Å². The highest BCUT2D eigenvalue weighted by molar-refractivity contribution is 9.15. The molecule has 0 saturated heterocycles. The Bertz CT molecular complexity index is 996. The minimum absolute atomic E-state index is 0.474. The van der Waals surface area contributed by atoms with Crippen LogP contribution in [-0.2, 0) is 4.79 Å². The van der Waals surface area contributed by atoms with Crippen LogP contribution in [0.1, 0.15) is 11.6 Å². The van der Waals surface area contributed by atoms with E-state index in [-0.39, 0.29) is 0 Å². The van der Waals surface area contributed by atoms with E-state index in [0.29, 0.717) is 34.8 Å². The molecule has 0 radical (unpaired) electrons. The predicted molar refractivity (Wildman–Crippen MR) is 126 cm³/mol. The highest BCUT2D eigenvalue weighted by Crippen LogP contribution is 2.47. The van der Waals surface area contributed by atoms with E-state index < -0.39 is 23.7 Å². The predicted octanol–water partition coefficient (Wildman–Crippen LogP) is 6.76. The fourth-order valence-corrected chi connectivity index (χ4v) is 5.76. The Morgan fingerprint density at radius 3 is 2.18 bits per heavy atom. The second-order valence-electron chi connectivity index (χ2n) is 5.61. The first-order valence-electron chi connectivity index (χ1n) is 7.60. The van der Waals surface area contributed by atoms with Crippen molar-refractivity contribution in [2.45, 2.75) is 6.04 Å². The Balaban J connectivity index is 1.91. The van der Waals surface area contributed by atoms with Crippen LogP contribution in [0.3, 0.4) is 0 Å². The molecule has 6 nitrogen and oxygen atoms in total. The Morgan fingerprint density at radius 2 is 1.54 bits per heavy atom. The molecule has 3 amide bonds. The number of nitrogens with one attached hydrogen (secondary N) is 3. The highest BCUT2D eigenvalue weighted by Gasteiger charge is 2.25. The van der Waals surface area contributed by atoms with E-state index >= 15 is 0 Å². The van der Waals surface area contributed by atoms with E-state index in [1.54, 1.807) is 24.3 Å². The number of rotatable bonds is 2. The SMILES string of the molecule is O=C(Nc1c(Br)c(Br)c(Br)c(Br)c1Br)NC1C=C(O)C(=O)Nc2ccccc21. The summed E-state index contributed by atoms with van der Waals surface area (Å²) < 4.78 is 3.45. The monoisotopic (exact) mass is 699 g/mol. The van der Waals surface area contributed by atoms with E-state index in [0.717, 1.165) is 4.47 Å². The molecule has 0 bridgehead atoms. The van der Waals surface area contributed by atoms with Crippen molar-refractivity contribution in [3.05, 3.63) is 64.0 Å². The van der Waals surface area contributed by atoms with Crippen LogP contribution in [0.4, 0.5) is 16.2 Å². The number of carbonyl (C=O) groups excluding carboxylic acids is 2. The number of benzene rings is 2. The van der Waals surface area contributed by atoms with Gasteiger partial charge >= 0.3 is 6.03 Å². The molecule has 2 aromatic rings. The lowest BCUT2D eigenvalue weighted by atomic mass is 10.1. The molecule has 3 rings (SSSR count). The lowest BCUT2D eigenvalue weighted by Crippen LogP contribution is -2.32. The average Bonchev–Trinajstić information content (AvgIpc) is 2.79. The normalized spacial score (nSPS) is 15.8. The maximum atomic E-state index is 12.7. The molecule has 0 aromatic heterocycles. The van der Waals surface area contributed by atoms with E-state index in [9.17, 15) is 14.7 Å². The van der Waals surface area contributed by atoms with Gasteiger partial charge in [0.1, 0.15) is 0 Å². The number of urea groups is 1. The molecule has 2 aromatic carbocycles. The second-order valence-corrected chi connectivity index (χ2v) is 9.58. The van der Waals surface area contributed by atoms with Crippen molar-refractivity contribution >= 4 is 103 Å². The summed E-state index contributed by atoms with van der Waals surface area (Å²) >= 11 is 17.2. The molecule has 0 fully saturated rings. The lowest BCUT2D eigenvalue weighted by Gasteiger charge is -2.19. The van der Waals surface area contributed by atoms with Gasteiger partial charge in [-0.15, -0.1) is 0 Å². The van der Waals surface area contributed by atoms with Crippen LogP contribution in [-0.4, -0.2) is 17.0 Å². The van der Waals surface area contributed by atoms with Gasteiger partial charge in [-0.3, -0.25) is 4.79 Å². The summed E-state index contributed by atoms with van der Waals surface area (Å²) in [6.07, 6.45) is 1.29. The minimum atomic E-state index is -0.713. The number of fused-ring (bicyclic) bond motifs is 1. The van der Waals surface area contributed by atoms with E-state index in [1.807, 2.05) is 0 Å². The van der Waals surface area contributed by atoms with Crippen molar-refractivity contribution in [3.8, 4) is 0 Å². The fraction of sp³-hybridized carbons (Fsp3) is 0.0588. The molecule has 0 spiro atoms. The van der Waals surface area contributed by atoms with Crippen LogP contribution >= 0.6 is 79.6 Å². The molecule has 1 heterocycles. The third-order valence-corrected chi connectivity index (χ3v) is 9.93. The smallest absolute Gasteiger partial charge is 0.320 e. The van der Waals surface area contributed by atoms with Gasteiger partial charge in [-0.05, 0) is 91.8 Å². The summed E-state index contributed by atoms with van der Waals surface area (Å²) in [5.41, 5.74) is 1.64. The molecule has 1 aliphatic rings. The first kappa shape index (κ1) is 21.8. The van der Waals surface area contributed by atoms with Crippen LogP contribution in [0.15, 0.2) is 58.5 Å². The third kappa shape index (κ3) is 4.33. The van der Waals surface area contributed by atoms with Crippen molar-refractivity contribution in [2.75, 3.05) is 10.6 Å². The first-order valence-corrected chi connectivity index (χ1v) is 11.6. The number of amides is 3. The van der Waals surface area contributed by atoms with E-state index in [4.69, 9.17) is 0 Å². The topological polar surface area (TPSA) is 90.5 Å². The van der Waals surface area contributed by atoms with Crippen molar-refractivity contribution < 1.29 is 14.7 Å². The molecular weight excluding hydrogens is 694 g/mol. The van der Waals surface area contributed by atoms with Crippen LogP contribution in [0.2, 0.25) is 0 Å². The summed E-state index contributed by atoms with van der Waals surface area (Å²) in [5.74, 6) is -1.11. The molecular formula is C17H10Br5N3O3. The first-order chi connectivity index (χ1) is 13.2. The molecule has 4 N–H and O–H groups in total. The molecule has 1 aliphatic heterocycles. The number of hydrogen-bond acceptors (Lipinski definition) is 3. The highest BCUT2D eigenvalue weighted by atomic mass is 79.9. The zero-order chi connectivity index (χ0) is 20.6. The molecule has 0 saturated carbocycles. The van der Waals surface area contributed by atoms with Gasteiger partial charge in [0.2, 0.25) is 0 Å². The van der Waals surface area contributed by atoms with Gasteiger partial charge in [-0.1, -0.05) is 18.2 Å². The lowest BCUT2D eigenvalue weighted by molar-refractivity contribution is -0.115. The van der Waals surface area contributed by atoms with Crippen molar-refractivity contribution in [1.29, 1.82) is 0 Å². The standard InChI is InChI=1S/C17H10Br5N3O3/c18-10-11(19)13(21)15(14(22)12(10)20)25-17(28)24-8-5-9(26)16(27)23-7-4-2-1-3-6(7)8/h1-5,8,26H,(H,23,27)(H2,24,25,28). The summed E-state index contributed by atoms with van der Waals surface area (Å²) in [6.45, 7) is 0. The van der Waals surface area contributed by atoms with E-state index in [2.05, 4.69) is 95.6 Å². The van der Waals surface area contributed by atoms with Gasteiger partial charge in [0.15, 0.2) is 5.76 Å². The summed E-state index contributed by atoms with van der Waals surface area (Å²) in [5, 5.41) is 18.1. The number of halogens is 5. The van der Waals surface area contributed by atoms with Gasteiger partial charge in [0, 0.05) is 24.7 Å². The maximum Gasteiger partial charge on any atom is 0.320 e. The number of carbonyl (C=O) groups is 2. The molecule has 28 heavy (non-hydrogen) atoms. The average molecular weight is 704 g/mol. The van der Waals surface area contributed by atoms with Crippen molar-refractivity contribution in [3.63, 3.8) is 0 Å². The summed E-state index contributed by atoms with van der Waals surface area (Å²) in [6, 6.07) is 5.75. The molecule has 1 unspecified atom stereocenters. The largest absolute Gasteiger partial charge is 0.503 e. The van der Waals surface area contributed by atoms with Crippen LogP contribution in [0.5, 0.6) is 0 Å². The van der Waals surface area contributed by atoms with Crippen LogP contribution < -0.4 is 16.0 Å². The summed E-state index contributed by atoms with van der Waals surface area (Å²) in [4.78, 5) is 24.6. The number of hydrogen-bond donors (Lipinski definition) is 4. The number of anilines is 2. The third-order valence-electron chi connectivity index (χ3n) is 3.84. The molecule has 146 valence electrons. The Hall–Kier alpha value is -0.880. The van der Waals surface area contributed by atoms with Gasteiger partial charge in [0.05, 0.1) is 20.7 Å². The molecule has 1 atom stereocenters. The Morgan fingerprint density at radius 1 is 0.964 bits per heavy atom. The quantitative estimate of drug-likeness (QED) is 0.206. The summed E-state index contributed by atoms with van der Waals surface area (Å²) in [7, 11) is 0. The zero-order valence-corrected chi connectivity index (χ0v) is 21.5. The number of aliphatic hydroxyl groups is 1. The molecule has 0 aliphatic carbocycles. The van der Waals surface area contributed by atoms with Gasteiger partial charge < -0.3 is 21.1 Å². The van der Waals surface area contributed by atoms with Crippen LogP contribution in [0, 0.1) is 0 Å². The van der Waals surface area contributed by atoms with Crippen molar-refractivity contribution in [1.82, 2.24) is 5.32 Å². The van der Waals surface area contributed by atoms with Gasteiger partial charge in [-0.2, -0.15) is 0 Å². The number of aliphatic hydroxyl groups excluding tert-OH is 1. The Kier molecular flexibility index (Phi) is 6.91. The Labute approximate surface area is 202 Å². The maximum absolute atomic E-state index is 12.7. The zero-order valence-electron chi connectivity index (χ0n) is 13.6.